The molecule has 0 saturated heterocycles. The van der Waals surface area contributed by atoms with Crippen LogP contribution in [0.25, 0.3) is 0 Å². The minimum Gasteiger partial charge on any atom is -0.271 e. The zero-order chi connectivity index (χ0) is 11.5. The number of thiophene rings is 1. The monoisotopic (exact) mass is 362 g/mol. The first-order valence-electron chi connectivity index (χ1n) is 4.39. The van der Waals surface area contributed by atoms with Crippen LogP contribution in [0.1, 0.15) is 17.3 Å². The third kappa shape index (κ3) is 2.49. The second-order valence-electron chi connectivity index (χ2n) is 3.01. The summed E-state index contributed by atoms with van der Waals surface area (Å²) in [5.41, 5.74) is 4.57. The van der Waals surface area contributed by atoms with E-state index >= 15 is 0 Å². The molecular weight excluding hydrogens is 356 g/mol. The molecule has 3 N–H and O–H groups in total. The lowest BCUT2D eigenvalue weighted by molar-refractivity contribution is 0.617. The first kappa shape index (κ1) is 12.1. The molecule has 2 heterocycles. The maximum atomic E-state index is 5.57. The lowest BCUT2D eigenvalue weighted by atomic mass is 10.1. The Morgan fingerprint density at radius 2 is 2.19 bits per heavy atom. The van der Waals surface area contributed by atoms with E-state index in [0.29, 0.717) is 0 Å². The Kier molecular flexibility index (Phi) is 4.04. The highest BCUT2D eigenvalue weighted by Gasteiger charge is 2.19. The molecule has 0 aliphatic rings. The maximum absolute atomic E-state index is 5.57. The summed E-state index contributed by atoms with van der Waals surface area (Å²) in [5, 5.41) is 0. The lowest BCUT2D eigenvalue weighted by Crippen LogP contribution is -2.29. The van der Waals surface area contributed by atoms with E-state index in [4.69, 9.17) is 5.84 Å². The number of hydrogen-bond donors (Lipinski definition) is 2. The first-order valence-corrected chi connectivity index (χ1v) is 6.79. The summed E-state index contributed by atoms with van der Waals surface area (Å²) in [5.74, 6) is 5.57. The van der Waals surface area contributed by atoms with Gasteiger partial charge in [-0.05, 0) is 37.9 Å². The molecule has 0 radical (unpaired) electrons. The topological polar surface area (TPSA) is 63.8 Å². The SMILES string of the molecule is NNC(c1cnccn1)c1cc(Br)sc1Br. The van der Waals surface area contributed by atoms with Gasteiger partial charge in [0.2, 0.25) is 0 Å². The molecule has 0 saturated carbocycles. The Morgan fingerprint density at radius 1 is 1.38 bits per heavy atom. The fourth-order valence-electron chi connectivity index (χ4n) is 1.34. The Balaban J connectivity index is 2.40. The van der Waals surface area contributed by atoms with Crippen molar-refractivity contribution in [3.8, 4) is 0 Å². The number of halogens is 2. The number of rotatable bonds is 3. The van der Waals surface area contributed by atoms with E-state index in [1.165, 1.54) is 0 Å². The van der Waals surface area contributed by atoms with E-state index in [9.17, 15) is 0 Å². The van der Waals surface area contributed by atoms with Crippen LogP contribution < -0.4 is 11.3 Å². The van der Waals surface area contributed by atoms with Gasteiger partial charge in [-0.15, -0.1) is 11.3 Å². The van der Waals surface area contributed by atoms with Crippen LogP contribution in [0.5, 0.6) is 0 Å². The van der Waals surface area contributed by atoms with Gasteiger partial charge in [0.1, 0.15) is 0 Å². The average molecular weight is 364 g/mol. The molecule has 0 aliphatic heterocycles. The van der Waals surface area contributed by atoms with E-state index in [2.05, 4.69) is 47.3 Å². The smallest absolute Gasteiger partial charge is 0.0916 e. The molecule has 4 nitrogen and oxygen atoms in total. The summed E-state index contributed by atoms with van der Waals surface area (Å²) in [7, 11) is 0. The van der Waals surface area contributed by atoms with Crippen molar-refractivity contribution in [1.29, 1.82) is 0 Å². The molecule has 1 atom stereocenters. The fraction of sp³-hybridized carbons (Fsp3) is 0.111. The normalized spacial score (nSPS) is 12.7. The number of aromatic nitrogens is 2. The summed E-state index contributed by atoms with van der Waals surface area (Å²) in [6, 6.07) is 1.85. The highest BCUT2D eigenvalue weighted by molar-refractivity contribution is 9.12. The Morgan fingerprint density at radius 3 is 2.69 bits per heavy atom. The second kappa shape index (κ2) is 5.33. The van der Waals surface area contributed by atoms with Crippen molar-refractivity contribution in [2.75, 3.05) is 0 Å². The minimum atomic E-state index is -0.161. The van der Waals surface area contributed by atoms with Gasteiger partial charge in [-0.25, -0.2) is 5.43 Å². The minimum absolute atomic E-state index is 0.161. The predicted molar refractivity (Wildman–Crippen MR) is 70.9 cm³/mol. The molecular formula is C9H8Br2N4S. The third-order valence-corrected chi connectivity index (χ3v) is 4.43. The molecule has 0 aromatic carbocycles. The van der Waals surface area contributed by atoms with Crippen molar-refractivity contribution < 1.29 is 0 Å². The molecule has 16 heavy (non-hydrogen) atoms. The van der Waals surface area contributed by atoms with Crippen molar-refractivity contribution >= 4 is 43.2 Å². The lowest BCUT2D eigenvalue weighted by Gasteiger charge is -2.13. The maximum Gasteiger partial charge on any atom is 0.0916 e. The Labute approximate surface area is 114 Å². The van der Waals surface area contributed by atoms with Crippen LogP contribution in [-0.2, 0) is 0 Å². The van der Waals surface area contributed by atoms with Crippen LogP contribution >= 0.6 is 43.2 Å². The molecule has 0 bridgehead atoms. The fourth-order valence-corrected chi connectivity index (χ4v) is 4.25. The average Bonchev–Trinajstić information content (AvgIpc) is 2.61. The molecule has 1 unspecified atom stereocenters. The van der Waals surface area contributed by atoms with E-state index in [-0.39, 0.29) is 6.04 Å². The highest BCUT2D eigenvalue weighted by Crippen LogP contribution is 2.36. The summed E-state index contributed by atoms with van der Waals surface area (Å²) >= 11 is 8.53. The summed E-state index contributed by atoms with van der Waals surface area (Å²) in [6.45, 7) is 0. The van der Waals surface area contributed by atoms with Gasteiger partial charge >= 0.3 is 0 Å². The van der Waals surface area contributed by atoms with Gasteiger partial charge in [-0.3, -0.25) is 15.8 Å². The van der Waals surface area contributed by atoms with Crippen molar-refractivity contribution in [3.63, 3.8) is 0 Å². The van der Waals surface area contributed by atoms with Gasteiger partial charge in [-0.2, -0.15) is 0 Å². The zero-order valence-electron chi connectivity index (χ0n) is 8.02. The molecule has 0 aliphatic carbocycles. The van der Waals surface area contributed by atoms with Gasteiger partial charge in [0.05, 0.1) is 25.5 Å². The summed E-state index contributed by atoms with van der Waals surface area (Å²) in [4.78, 5) is 8.27. The molecule has 0 spiro atoms. The number of hydrogen-bond acceptors (Lipinski definition) is 5. The Bertz CT molecular complexity index is 474. The van der Waals surface area contributed by atoms with Gasteiger partial charge in [-0.1, -0.05) is 0 Å². The predicted octanol–water partition coefficient (Wildman–Crippen LogP) is 2.62. The van der Waals surface area contributed by atoms with Crippen LogP contribution in [0.15, 0.2) is 32.2 Å². The summed E-state index contributed by atoms with van der Waals surface area (Å²) in [6.07, 6.45) is 4.98. The van der Waals surface area contributed by atoms with Crippen molar-refractivity contribution in [3.05, 3.63) is 43.5 Å². The molecule has 0 amide bonds. The standard InChI is InChI=1S/C9H8Br2N4S/c10-7-3-5(9(11)16-7)8(15-12)6-4-13-1-2-14-6/h1-4,8,15H,12H2. The zero-order valence-corrected chi connectivity index (χ0v) is 12.0. The van der Waals surface area contributed by atoms with Crippen LogP contribution in [-0.4, -0.2) is 9.97 Å². The molecule has 0 fully saturated rings. The van der Waals surface area contributed by atoms with Gasteiger partial charge < -0.3 is 0 Å². The molecule has 2 aromatic rings. The van der Waals surface area contributed by atoms with Crippen LogP contribution in [0, 0.1) is 0 Å². The van der Waals surface area contributed by atoms with Gasteiger partial charge in [0.25, 0.3) is 0 Å². The van der Waals surface area contributed by atoms with Crippen molar-refractivity contribution in [2.24, 2.45) is 5.84 Å². The van der Waals surface area contributed by atoms with E-state index in [1.807, 2.05) is 6.07 Å². The highest BCUT2D eigenvalue weighted by atomic mass is 79.9. The van der Waals surface area contributed by atoms with E-state index in [1.54, 1.807) is 29.9 Å². The molecule has 2 aromatic heterocycles. The quantitative estimate of drug-likeness (QED) is 0.649. The Hall–Kier alpha value is -0.340. The number of nitrogens with one attached hydrogen (secondary N) is 1. The van der Waals surface area contributed by atoms with Gasteiger partial charge in [0.15, 0.2) is 0 Å². The number of nitrogens with zero attached hydrogens (tertiary/aromatic N) is 2. The molecule has 7 heteroatoms. The van der Waals surface area contributed by atoms with Gasteiger partial charge in [0, 0.05) is 18.0 Å². The van der Waals surface area contributed by atoms with E-state index in [0.717, 1.165) is 18.8 Å². The van der Waals surface area contributed by atoms with E-state index < -0.39 is 0 Å². The van der Waals surface area contributed by atoms with Crippen molar-refractivity contribution in [2.45, 2.75) is 6.04 Å². The van der Waals surface area contributed by atoms with Crippen LogP contribution in [0.3, 0.4) is 0 Å². The molecule has 84 valence electrons. The van der Waals surface area contributed by atoms with Crippen molar-refractivity contribution in [1.82, 2.24) is 15.4 Å². The van der Waals surface area contributed by atoms with Crippen LogP contribution in [0.4, 0.5) is 0 Å². The molecule has 2 rings (SSSR count). The number of hydrazine groups is 1. The second-order valence-corrected chi connectivity index (χ2v) is 6.76. The first-order chi connectivity index (χ1) is 7.72. The summed E-state index contributed by atoms with van der Waals surface area (Å²) < 4.78 is 2.06. The third-order valence-electron chi connectivity index (χ3n) is 2.04. The number of nitrogens with two attached hydrogens (primary N) is 1. The largest absolute Gasteiger partial charge is 0.271 e. The van der Waals surface area contributed by atoms with Crippen LogP contribution in [0.2, 0.25) is 0 Å².